The molecular weight excluding hydrogens is 314 g/mol. The topological polar surface area (TPSA) is 52.1 Å². The van der Waals surface area contributed by atoms with Crippen LogP contribution in [0.4, 0.5) is 0 Å². The number of rotatable bonds is 10. The van der Waals surface area contributed by atoms with E-state index < -0.39 is 0 Å². The van der Waals surface area contributed by atoms with Crippen LogP contribution in [0.5, 0.6) is 0 Å². The smallest absolute Gasteiger partial charge is 0.191 e. The van der Waals surface area contributed by atoms with Crippen molar-refractivity contribution in [2.24, 2.45) is 4.99 Å². The lowest BCUT2D eigenvalue weighted by molar-refractivity contribution is 0.0982. The van der Waals surface area contributed by atoms with Gasteiger partial charge in [-0.15, -0.1) is 0 Å². The Morgan fingerprint density at radius 1 is 1.16 bits per heavy atom. The summed E-state index contributed by atoms with van der Waals surface area (Å²) in [7, 11) is 3.63. The fourth-order valence-electron chi connectivity index (χ4n) is 3.57. The zero-order chi connectivity index (χ0) is 18.1. The van der Waals surface area contributed by atoms with E-state index in [1.165, 1.54) is 45.2 Å². The first kappa shape index (κ1) is 20.5. The van der Waals surface area contributed by atoms with Gasteiger partial charge in [0.1, 0.15) is 0 Å². The molecule has 0 atom stereocenters. The largest absolute Gasteiger partial charge is 0.383 e. The van der Waals surface area contributed by atoms with Gasteiger partial charge >= 0.3 is 0 Å². The number of piperidine rings is 1. The average molecular weight is 354 g/mol. The lowest BCUT2D eigenvalue weighted by atomic mass is 9.98. The van der Waals surface area contributed by atoms with Crippen LogP contribution in [0.3, 0.4) is 0 Å². The number of aliphatic imine (C=N–C) groups is 1. The van der Waals surface area contributed by atoms with Crippen LogP contribution in [0.2, 0.25) is 0 Å². The molecule has 0 unspecified atom stereocenters. The predicted octanol–water partition coefficient (Wildman–Crippen LogP) is 1.53. The summed E-state index contributed by atoms with van der Waals surface area (Å²) in [5.41, 5.74) is 0.163. The van der Waals surface area contributed by atoms with Gasteiger partial charge in [0.15, 0.2) is 5.96 Å². The normalized spacial score (nSPS) is 20.1. The monoisotopic (exact) mass is 353 g/mol. The first-order valence-electron chi connectivity index (χ1n) is 9.99. The lowest BCUT2D eigenvalue weighted by Gasteiger charge is -2.41. The molecular formula is C19H39N5O. The Labute approximate surface area is 154 Å². The summed E-state index contributed by atoms with van der Waals surface area (Å²) < 4.78 is 5.23. The summed E-state index contributed by atoms with van der Waals surface area (Å²) in [4.78, 5) is 9.53. The third-order valence-electron chi connectivity index (χ3n) is 5.46. The highest BCUT2D eigenvalue weighted by molar-refractivity contribution is 5.79. The van der Waals surface area contributed by atoms with Crippen LogP contribution in [-0.2, 0) is 4.74 Å². The third kappa shape index (κ3) is 7.12. The molecule has 1 heterocycles. The van der Waals surface area contributed by atoms with Crippen LogP contribution in [0, 0.1) is 0 Å². The SMILES string of the molecule is CN=C(NCCN(CCOC)C1CC1)NCC(C)(C)N1CCCCC1. The van der Waals surface area contributed by atoms with E-state index in [1.54, 1.807) is 7.11 Å². The van der Waals surface area contributed by atoms with Gasteiger partial charge in [0.05, 0.1) is 6.61 Å². The summed E-state index contributed by atoms with van der Waals surface area (Å²) >= 11 is 0. The summed E-state index contributed by atoms with van der Waals surface area (Å²) in [5, 5.41) is 7.00. The van der Waals surface area contributed by atoms with E-state index in [9.17, 15) is 0 Å². The van der Waals surface area contributed by atoms with Crippen molar-refractivity contribution < 1.29 is 4.74 Å². The summed E-state index contributed by atoms with van der Waals surface area (Å²) in [5.74, 6) is 0.910. The molecule has 0 aromatic carbocycles. The van der Waals surface area contributed by atoms with Gasteiger partial charge in [-0.1, -0.05) is 6.42 Å². The maximum atomic E-state index is 5.23. The fourth-order valence-corrected chi connectivity index (χ4v) is 3.57. The molecule has 1 aliphatic carbocycles. The second kappa shape index (κ2) is 10.3. The summed E-state index contributed by atoms with van der Waals surface area (Å²) in [6, 6.07) is 0.768. The molecule has 2 N–H and O–H groups in total. The number of hydrogen-bond acceptors (Lipinski definition) is 4. The Kier molecular flexibility index (Phi) is 8.46. The number of nitrogens with one attached hydrogen (secondary N) is 2. The van der Waals surface area contributed by atoms with E-state index in [0.717, 1.165) is 44.8 Å². The van der Waals surface area contributed by atoms with Gasteiger partial charge < -0.3 is 15.4 Å². The van der Waals surface area contributed by atoms with E-state index in [0.29, 0.717) is 0 Å². The number of nitrogens with zero attached hydrogens (tertiary/aromatic N) is 3. The minimum Gasteiger partial charge on any atom is -0.383 e. The van der Waals surface area contributed by atoms with Crippen LogP contribution < -0.4 is 10.6 Å². The Hall–Kier alpha value is -0.850. The maximum Gasteiger partial charge on any atom is 0.191 e. The van der Waals surface area contributed by atoms with Gasteiger partial charge in [0, 0.05) is 51.9 Å². The molecule has 2 rings (SSSR count). The van der Waals surface area contributed by atoms with Crippen LogP contribution in [0.1, 0.15) is 46.0 Å². The maximum absolute atomic E-state index is 5.23. The second-order valence-electron chi connectivity index (χ2n) is 7.97. The third-order valence-corrected chi connectivity index (χ3v) is 5.46. The first-order chi connectivity index (χ1) is 12.1. The standard InChI is InChI=1S/C19H39N5O/c1-19(2,24-11-6-5-7-12-24)16-22-18(20-3)21-10-13-23(14-15-25-4)17-8-9-17/h17H,5-16H2,1-4H3,(H2,20,21,22). The quantitative estimate of drug-likeness (QED) is 0.461. The van der Waals surface area contributed by atoms with Crippen LogP contribution in [0.15, 0.2) is 4.99 Å². The molecule has 0 aromatic rings. The molecule has 1 saturated heterocycles. The minimum atomic E-state index is 0.163. The van der Waals surface area contributed by atoms with E-state index in [2.05, 4.69) is 39.3 Å². The van der Waals surface area contributed by atoms with E-state index in [-0.39, 0.29) is 5.54 Å². The molecule has 146 valence electrons. The summed E-state index contributed by atoms with van der Waals surface area (Å²) in [6.07, 6.45) is 6.70. The highest BCUT2D eigenvalue weighted by Gasteiger charge is 2.29. The molecule has 0 aromatic heterocycles. The van der Waals surface area contributed by atoms with Crippen molar-refractivity contribution in [1.29, 1.82) is 0 Å². The molecule has 0 bridgehead atoms. The Morgan fingerprint density at radius 2 is 1.88 bits per heavy atom. The van der Waals surface area contributed by atoms with Crippen molar-refractivity contribution in [2.45, 2.75) is 57.5 Å². The van der Waals surface area contributed by atoms with Crippen molar-refractivity contribution in [1.82, 2.24) is 20.4 Å². The molecule has 6 nitrogen and oxygen atoms in total. The highest BCUT2D eigenvalue weighted by atomic mass is 16.5. The van der Waals surface area contributed by atoms with Gasteiger partial charge in [-0.3, -0.25) is 14.8 Å². The summed E-state index contributed by atoms with van der Waals surface area (Å²) in [6.45, 7) is 11.8. The number of guanidine groups is 1. The predicted molar refractivity (Wildman–Crippen MR) is 105 cm³/mol. The molecule has 0 amide bonds. The molecule has 2 aliphatic rings. The number of hydrogen-bond donors (Lipinski definition) is 2. The van der Waals surface area contributed by atoms with Crippen molar-refractivity contribution in [3.05, 3.63) is 0 Å². The van der Waals surface area contributed by atoms with Crippen molar-refractivity contribution in [3.8, 4) is 0 Å². The lowest BCUT2D eigenvalue weighted by Crippen LogP contribution is -2.55. The first-order valence-corrected chi connectivity index (χ1v) is 9.99. The van der Waals surface area contributed by atoms with Crippen LogP contribution in [0.25, 0.3) is 0 Å². The van der Waals surface area contributed by atoms with Crippen molar-refractivity contribution in [2.75, 3.05) is 60.0 Å². The molecule has 0 radical (unpaired) electrons. The molecule has 6 heteroatoms. The van der Waals surface area contributed by atoms with Gasteiger partial charge in [-0.25, -0.2) is 0 Å². The molecule has 0 spiro atoms. The fraction of sp³-hybridized carbons (Fsp3) is 0.947. The van der Waals surface area contributed by atoms with Gasteiger partial charge in [-0.2, -0.15) is 0 Å². The number of ether oxygens (including phenoxy) is 1. The Morgan fingerprint density at radius 3 is 2.48 bits per heavy atom. The molecule has 1 saturated carbocycles. The van der Waals surface area contributed by atoms with Crippen molar-refractivity contribution >= 4 is 5.96 Å². The number of methoxy groups -OCH3 is 1. The molecule has 1 aliphatic heterocycles. The molecule has 25 heavy (non-hydrogen) atoms. The van der Waals surface area contributed by atoms with E-state index in [1.807, 2.05) is 7.05 Å². The number of likely N-dealkylation sites (tertiary alicyclic amines) is 1. The van der Waals surface area contributed by atoms with Gasteiger partial charge in [-0.05, 0) is 52.6 Å². The zero-order valence-corrected chi connectivity index (χ0v) is 16.8. The van der Waals surface area contributed by atoms with Gasteiger partial charge in [0.2, 0.25) is 0 Å². The van der Waals surface area contributed by atoms with Gasteiger partial charge in [0.25, 0.3) is 0 Å². The van der Waals surface area contributed by atoms with E-state index >= 15 is 0 Å². The van der Waals surface area contributed by atoms with Crippen LogP contribution in [-0.4, -0.2) is 87.4 Å². The van der Waals surface area contributed by atoms with Crippen LogP contribution >= 0.6 is 0 Å². The second-order valence-corrected chi connectivity index (χ2v) is 7.97. The average Bonchev–Trinajstić information content (AvgIpc) is 3.46. The Bertz CT molecular complexity index is 403. The highest BCUT2D eigenvalue weighted by Crippen LogP contribution is 2.26. The van der Waals surface area contributed by atoms with E-state index in [4.69, 9.17) is 4.74 Å². The zero-order valence-electron chi connectivity index (χ0n) is 16.8. The Balaban J connectivity index is 1.69. The minimum absolute atomic E-state index is 0.163. The molecule has 2 fully saturated rings. The van der Waals surface area contributed by atoms with Crippen molar-refractivity contribution in [3.63, 3.8) is 0 Å².